The molecule has 1 heterocycles. The first-order valence-corrected chi connectivity index (χ1v) is 11.4. The summed E-state index contributed by atoms with van der Waals surface area (Å²) in [5.41, 5.74) is 0.657. The average molecular weight is 338 g/mol. The minimum absolute atomic E-state index is 0.227. The third kappa shape index (κ3) is 5.23. The van der Waals surface area contributed by atoms with Crippen LogP contribution in [0.1, 0.15) is 61.8 Å². The van der Waals surface area contributed by atoms with Crippen molar-refractivity contribution in [2.24, 2.45) is 0 Å². The Bertz CT molecular complexity index is 457. The molecule has 0 aromatic rings. The van der Waals surface area contributed by atoms with Crippen molar-refractivity contribution in [3.63, 3.8) is 0 Å². The molecule has 0 unspecified atom stereocenters. The molecule has 1 rings (SSSR count). The van der Waals surface area contributed by atoms with E-state index in [1.807, 2.05) is 6.26 Å². The van der Waals surface area contributed by atoms with Gasteiger partial charge in [-0.2, -0.15) is 0 Å². The fourth-order valence-electron chi connectivity index (χ4n) is 1.89. The van der Waals surface area contributed by atoms with Crippen LogP contribution in [0.4, 0.5) is 0 Å². The summed E-state index contributed by atoms with van der Waals surface area (Å²) in [5.74, 6) is 2.06. The zero-order valence-electron chi connectivity index (χ0n) is 16.7. The lowest BCUT2D eigenvalue weighted by molar-refractivity contribution is 0.00578. The van der Waals surface area contributed by atoms with Gasteiger partial charge in [0, 0.05) is 0 Å². The van der Waals surface area contributed by atoms with Crippen LogP contribution in [0.3, 0.4) is 0 Å². The van der Waals surface area contributed by atoms with Gasteiger partial charge in [-0.25, -0.2) is 0 Å². The summed E-state index contributed by atoms with van der Waals surface area (Å²) in [7, 11) is -1.98. The summed E-state index contributed by atoms with van der Waals surface area (Å²) in [4.78, 5) is 0. The Hall–Kier alpha value is -0.518. The topological polar surface area (TPSA) is 27.7 Å². The molecule has 1 fully saturated rings. The van der Waals surface area contributed by atoms with Crippen LogP contribution in [-0.2, 0) is 13.7 Å². The molecule has 5 heteroatoms. The molecule has 0 saturated carbocycles. The lowest BCUT2D eigenvalue weighted by Gasteiger charge is -2.34. The van der Waals surface area contributed by atoms with Gasteiger partial charge in [0.25, 0.3) is 0 Å². The van der Waals surface area contributed by atoms with Crippen LogP contribution in [0, 0.1) is 0 Å². The van der Waals surface area contributed by atoms with Gasteiger partial charge >= 0.3 is 7.12 Å². The number of hydrogen-bond donors (Lipinski definition) is 0. The Kier molecular flexibility index (Phi) is 6.04. The summed E-state index contributed by atoms with van der Waals surface area (Å²) in [5, 5.41) is 0.227. The first-order chi connectivity index (χ1) is 10.2. The smallest absolute Gasteiger partial charge is 0.487 e. The summed E-state index contributed by atoms with van der Waals surface area (Å²) in [6, 6.07) is 0. The van der Waals surface area contributed by atoms with E-state index in [2.05, 4.69) is 80.5 Å². The molecule has 0 spiro atoms. The van der Waals surface area contributed by atoms with E-state index < -0.39 is 8.32 Å². The monoisotopic (exact) mass is 338 g/mol. The van der Waals surface area contributed by atoms with Gasteiger partial charge in [0.1, 0.15) is 0 Å². The summed E-state index contributed by atoms with van der Waals surface area (Å²) < 4.78 is 18.0. The Morgan fingerprint density at radius 3 is 2.00 bits per heavy atom. The largest absolute Gasteiger partial charge is 0.549 e. The molecule has 0 bridgehead atoms. The highest BCUT2D eigenvalue weighted by Crippen LogP contribution is 2.38. The molecule has 3 nitrogen and oxygen atoms in total. The highest BCUT2D eigenvalue weighted by molar-refractivity contribution is 6.74. The van der Waals surface area contributed by atoms with Gasteiger partial charge in [-0.15, -0.1) is 0 Å². The zero-order valence-corrected chi connectivity index (χ0v) is 17.7. The molecular weight excluding hydrogens is 303 g/mol. The molecule has 23 heavy (non-hydrogen) atoms. The van der Waals surface area contributed by atoms with Crippen molar-refractivity contribution in [3.8, 4) is 0 Å². The van der Waals surface area contributed by atoms with E-state index in [9.17, 15) is 0 Å². The fourth-order valence-corrected chi connectivity index (χ4v) is 2.68. The van der Waals surface area contributed by atoms with E-state index >= 15 is 0 Å². The maximum absolute atomic E-state index is 6.05. The van der Waals surface area contributed by atoms with E-state index in [4.69, 9.17) is 13.7 Å². The lowest BCUT2D eigenvalue weighted by Crippen LogP contribution is -2.41. The molecule has 1 aliphatic heterocycles. The predicted octanol–water partition coefficient (Wildman–Crippen LogP) is 5.49. The Morgan fingerprint density at radius 2 is 1.57 bits per heavy atom. The third-order valence-corrected chi connectivity index (χ3v) is 9.73. The normalized spacial score (nSPS) is 22.0. The van der Waals surface area contributed by atoms with Crippen molar-refractivity contribution in [1.29, 1.82) is 0 Å². The molecule has 0 aliphatic carbocycles. The lowest BCUT2D eigenvalue weighted by atomic mass is 9.86. The van der Waals surface area contributed by atoms with Crippen LogP contribution in [0.25, 0.3) is 0 Å². The Labute approximate surface area is 144 Å². The molecule has 0 aromatic heterocycles. The van der Waals surface area contributed by atoms with Crippen molar-refractivity contribution >= 4 is 15.4 Å². The van der Waals surface area contributed by atoms with Crippen molar-refractivity contribution in [3.05, 3.63) is 23.9 Å². The molecule has 0 N–H and O–H groups in total. The molecule has 0 amide bonds. The highest BCUT2D eigenvalue weighted by atomic mass is 28.4. The molecule has 0 atom stereocenters. The maximum atomic E-state index is 6.05. The van der Waals surface area contributed by atoms with Gasteiger partial charge in [-0.05, 0) is 65.2 Å². The molecular formula is C18H35BO3Si. The number of hydrogen-bond acceptors (Lipinski definition) is 3. The van der Waals surface area contributed by atoms with E-state index in [1.165, 1.54) is 5.57 Å². The van der Waals surface area contributed by atoms with E-state index in [-0.39, 0.29) is 23.4 Å². The summed E-state index contributed by atoms with van der Waals surface area (Å²) in [6.45, 7) is 21.6. The van der Waals surface area contributed by atoms with Crippen LogP contribution in [0.15, 0.2) is 23.9 Å². The van der Waals surface area contributed by atoms with Crippen molar-refractivity contribution < 1.29 is 13.7 Å². The van der Waals surface area contributed by atoms with Crippen LogP contribution < -0.4 is 0 Å². The fraction of sp³-hybridized carbons (Fsp3) is 0.778. The standard InChI is InChI=1S/C18H35BO3Si/c1-15(12-11-13-20-23(9,10)16(2,3)4)14-19-21-17(5,6)18(7,8)22-19/h11,13-14H,12H2,1-10H3/b13-11+,15-14-. The highest BCUT2D eigenvalue weighted by Gasteiger charge is 2.50. The summed E-state index contributed by atoms with van der Waals surface area (Å²) in [6.07, 6.45) is 4.80. The third-order valence-electron chi connectivity index (χ3n) is 5.40. The van der Waals surface area contributed by atoms with Crippen LogP contribution >= 0.6 is 0 Å². The van der Waals surface area contributed by atoms with Gasteiger partial charge in [0.2, 0.25) is 8.32 Å². The predicted molar refractivity (Wildman–Crippen MR) is 102 cm³/mol. The van der Waals surface area contributed by atoms with Gasteiger partial charge in [-0.3, -0.25) is 0 Å². The quantitative estimate of drug-likeness (QED) is 0.490. The SMILES string of the molecule is C/C(=C/B1OC(C)(C)C(C)(C)O1)C/C=C/O[Si](C)(C)C(C)(C)C. The van der Waals surface area contributed by atoms with Crippen molar-refractivity contribution in [1.82, 2.24) is 0 Å². The van der Waals surface area contributed by atoms with E-state index in [1.54, 1.807) is 0 Å². The average Bonchev–Trinajstić information content (AvgIpc) is 2.51. The van der Waals surface area contributed by atoms with Gasteiger partial charge in [0.05, 0.1) is 17.5 Å². The Balaban J connectivity index is 2.55. The Morgan fingerprint density at radius 1 is 1.09 bits per heavy atom. The summed E-state index contributed by atoms with van der Waals surface area (Å²) >= 11 is 0. The van der Waals surface area contributed by atoms with Gasteiger partial charge < -0.3 is 13.7 Å². The van der Waals surface area contributed by atoms with E-state index in [0.717, 1.165) is 6.42 Å². The van der Waals surface area contributed by atoms with Gasteiger partial charge in [0.15, 0.2) is 0 Å². The maximum Gasteiger partial charge on any atom is 0.487 e. The first kappa shape index (κ1) is 20.5. The number of rotatable bonds is 5. The molecule has 0 aromatic carbocycles. The van der Waals surface area contributed by atoms with Crippen molar-refractivity contribution in [2.75, 3.05) is 0 Å². The molecule has 1 aliphatic rings. The van der Waals surface area contributed by atoms with Gasteiger partial charge in [-0.1, -0.05) is 32.3 Å². The van der Waals surface area contributed by atoms with Crippen LogP contribution in [0.2, 0.25) is 18.1 Å². The second-order valence-electron chi connectivity index (χ2n) is 9.09. The second kappa shape index (κ2) is 6.77. The minimum Gasteiger partial charge on any atom is -0.549 e. The molecule has 0 radical (unpaired) electrons. The van der Waals surface area contributed by atoms with Crippen LogP contribution in [-0.4, -0.2) is 26.6 Å². The minimum atomic E-state index is -1.71. The second-order valence-corrected chi connectivity index (χ2v) is 13.8. The number of allylic oxidation sites excluding steroid dienone is 2. The van der Waals surface area contributed by atoms with Crippen LogP contribution in [0.5, 0.6) is 0 Å². The molecule has 132 valence electrons. The molecule has 1 saturated heterocycles. The van der Waals surface area contributed by atoms with Crippen molar-refractivity contribution in [2.45, 2.75) is 91.1 Å². The van der Waals surface area contributed by atoms with E-state index in [0.29, 0.717) is 0 Å². The first-order valence-electron chi connectivity index (χ1n) is 8.54. The zero-order chi connectivity index (χ0) is 18.1.